The molecular weight excluding hydrogens is 409 g/mol. The van der Waals surface area contributed by atoms with Gasteiger partial charge in [-0.3, -0.25) is 4.79 Å². The molecule has 0 radical (unpaired) electrons. The molecule has 0 saturated carbocycles. The van der Waals surface area contributed by atoms with Crippen LogP contribution in [0.3, 0.4) is 0 Å². The van der Waals surface area contributed by atoms with Crippen LogP contribution < -0.4 is 10.1 Å². The zero-order valence-electron chi connectivity index (χ0n) is 17.4. The number of hydrogen-bond acceptors (Lipinski definition) is 7. The zero-order chi connectivity index (χ0) is 21.8. The molecule has 30 heavy (non-hydrogen) atoms. The number of carbonyl (C=O) groups is 1. The third-order valence-corrected chi connectivity index (χ3v) is 5.30. The van der Waals surface area contributed by atoms with Gasteiger partial charge in [0.15, 0.2) is 34.5 Å². The first kappa shape index (κ1) is 21.8. The summed E-state index contributed by atoms with van der Waals surface area (Å²) in [4.78, 5) is 12.5. The lowest BCUT2D eigenvalue weighted by molar-refractivity contribution is -0.115. The highest BCUT2D eigenvalue weighted by molar-refractivity contribution is 8.00. The van der Waals surface area contributed by atoms with E-state index in [9.17, 15) is 9.18 Å². The molecule has 0 saturated heterocycles. The molecule has 0 fully saturated rings. The summed E-state index contributed by atoms with van der Waals surface area (Å²) in [7, 11) is 0. The fraction of sp³-hybridized carbons (Fsp3) is 0.400. The van der Waals surface area contributed by atoms with Crippen LogP contribution in [0.4, 0.5) is 10.2 Å². The number of nitrogens with zero attached hydrogens (tertiary/aromatic N) is 4. The fourth-order valence-electron chi connectivity index (χ4n) is 2.78. The number of amides is 1. The van der Waals surface area contributed by atoms with Crippen molar-refractivity contribution >= 4 is 23.5 Å². The highest BCUT2D eigenvalue weighted by Crippen LogP contribution is 2.30. The first-order valence-corrected chi connectivity index (χ1v) is 10.4. The van der Waals surface area contributed by atoms with Gasteiger partial charge in [-0.25, -0.2) is 4.39 Å². The smallest absolute Gasteiger partial charge is 0.238 e. The Morgan fingerprint density at radius 3 is 2.60 bits per heavy atom. The molecule has 160 valence electrons. The largest absolute Gasteiger partial charge is 0.480 e. The number of aromatic nitrogens is 4. The number of ether oxygens (including phenoxy) is 1. The molecule has 1 aromatic carbocycles. The van der Waals surface area contributed by atoms with E-state index in [-0.39, 0.29) is 17.7 Å². The number of nitrogens with one attached hydrogen (secondary N) is 1. The van der Waals surface area contributed by atoms with Crippen LogP contribution in [0.15, 0.2) is 40.0 Å². The van der Waals surface area contributed by atoms with Crippen molar-refractivity contribution in [1.29, 1.82) is 0 Å². The highest BCUT2D eigenvalue weighted by atomic mass is 32.2. The van der Waals surface area contributed by atoms with Crippen molar-refractivity contribution in [2.45, 2.75) is 57.2 Å². The van der Waals surface area contributed by atoms with Crippen molar-refractivity contribution in [3.05, 3.63) is 47.7 Å². The summed E-state index contributed by atoms with van der Waals surface area (Å²) in [5.41, 5.74) is 0. The Kier molecular flexibility index (Phi) is 6.76. The van der Waals surface area contributed by atoms with Gasteiger partial charge in [-0.15, -0.1) is 10.2 Å². The van der Waals surface area contributed by atoms with E-state index < -0.39 is 17.2 Å². The molecule has 2 aromatic heterocycles. The number of rotatable bonds is 8. The van der Waals surface area contributed by atoms with Crippen molar-refractivity contribution in [3.8, 4) is 5.75 Å². The van der Waals surface area contributed by atoms with Gasteiger partial charge in [-0.05, 0) is 46.8 Å². The molecule has 2 heterocycles. The van der Waals surface area contributed by atoms with E-state index in [0.717, 1.165) is 0 Å². The van der Waals surface area contributed by atoms with E-state index in [1.54, 1.807) is 45.0 Å². The minimum absolute atomic E-state index is 0.0117. The standard InChI is InChI=1S/C20H24FN5O3S/c1-11(2)26-18(13(4)28-16-9-7-6-8-15(16)21)23-24-20(26)30-14(5)19(27)22-17-10-12(3)29-25-17/h6-11,13-14H,1-5H3,(H,22,25,27). The summed E-state index contributed by atoms with van der Waals surface area (Å²) in [6.07, 6.45) is -0.534. The van der Waals surface area contributed by atoms with Crippen LogP contribution in [0, 0.1) is 12.7 Å². The Bertz CT molecular complexity index is 1020. The molecule has 1 amide bonds. The van der Waals surface area contributed by atoms with Gasteiger partial charge in [0.25, 0.3) is 0 Å². The number of aryl methyl sites for hydroxylation is 1. The number of carbonyl (C=O) groups excluding carboxylic acids is 1. The lowest BCUT2D eigenvalue weighted by Gasteiger charge is -2.19. The third kappa shape index (κ3) is 4.99. The number of hydrogen-bond donors (Lipinski definition) is 1. The van der Waals surface area contributed by atoms with Gasteiger partial charge in [0.05, 0.1) is 5.25 Å². The molecule has 10 heteroatoms. The van der Waals surface area contributed by atoms with Gasteiger partial charge in [0.1, 0.15) is 5.76 Å². The van der Waals surface area contributed by atoms with Gasteiger partial charge in [-0.1, -0.05) is 29.1 Å². The average molecular weight is 434 g/mol. The lowest BCUT2D eigenvalue weighted by Crippen LogP contribution is -2.23. The Morgan fingerprint density at radius 2 is 1.97 bits per heavy atom. The summed E-state index contributed by atoms with van der Waals surface area (Å²) in [5.74, 6) is 0.997. The zero-order valence-corrected chi connectivity index (χ0v) is 18.2. The molecule has 0 spiro atoms. The lowest BCUT2D eigenvalue weighted by atomic mass is 10.3. The number of halogens is 1. The van der Waals surface area contributed by atoms with Gasteiger partial charge < -0.3 is 19.1 Å². The highest BCUT2D eigenvalue weighted by Gasteiger charge is 2.25. The van der Waals surface area contributed by atoms with Crippen molar-refractivity contribution in [1.82, 2.24) is 19.9 Å². The maximum Gasteiger partial charge on any atom is 0.238 e. The molecule has 0 aliphatic heterocycles. The number of benzene rings is 1. The van der Waals surface area contributed by atoms with E-state index >= 15 is 0 Å². The Hall–Kier alpha value is -2.88. The summed E-state index contributed by atoms with van der Waals surface area (Å²) in [6.45, 7) is 9.27. The van der Waals surface area contributed by atoms with Crippen molar-refractivity contribution in [2.24, 2.45) is 0 Å². The molecule has 3 rings (SSSR count). The van der Waals surface area contributed by atoms with Crippen LogP contribution >= 0.6 is 11.8 Å². The van der Waals surface area contributed by atoms with Gasteiger partial charge >= 0.3 is 0 Å². The Morgan fingerprint density at radius 1 is 1.23 bits per heavy atom. The van der Waals surface area contributed by atoms with Crippen LogP contribution in [0.1, 0.15) is 51.4 Å². The van der Waals surface area contributed by atoms with E-state index in [1.807, 2.05) is 18.4 Å². The first-order valence-electron chi connectivity index (χ1n) is 9.53. The second kappa shape index (κ2) is 9.29. The Balaban J connectivity index is 1.75. The van der Waals surface area contributed by atoms with Gasteiger partial charge in [0, 0.05) is 12.1 Å². The third-order valence-electron chi connectivity index (χ3n) is 4.24. The van der Waals surface area contributed by atoms with Gasteiger partial charge in [-0.2, -0.15) is 0 Å². The maximum atomic E-state index is 13.9. The van der Waals surface area contributed by atoms with Crippen molar-refractivity contribution in [3.63, 3.8) is 0 Å². The first-order chi connectivity index (χ1) is 14.3. The van der Waals surface area contributed by atoms with Gasteiger partial charge in [0.2, 0.25) is 5.91 Å². The maximum absolute atomic E-state index is 13.9. The molecule has 0 aliphatic carbocycles. The topological polar surface area (TPSA) is 95.1 Å². The van der Waals surface area contributed by atoms with Crippen molar-refractivity contribution in [2.75, 3.05) is 5.32 Å². The SMILES string of the molecule is Cc1cc(NC(=O)C(C)Sc2nnc(C(C)Oc3ccccc3F)n2C(C)C)no1. The molecule has 2 atom stereocenters. The van der Waals surface area contributed by atoms with E-state index in [1.165, 1.54) is 17.8 Å². The molecule has 1 N–H and O–H groups in total. The molecule has 2 unspecified atom stereocenters. The molecule has 8 nitrogen and oxygen atoms in total. The van der Waals surface area contributed by atoms with E-state index in [2.05, 4.69) is 20.7 Å². The van der Waals surface area contributed by atoms with Crippen LogP contribution in [-0.4, -0.2) is 31.1 Å². The number of thioether (sulfide) groups is 1. The summed E-state index contributed by atoms with van der Waals surface area (Å²) in [5, 5.41) is 15.1. The second-order valence-corrected chi connectivity index (χ2v) is 8.38. The number of para-hydroxylation sites is 1. The molecular formula is C20H24FN5O3S. The van der Waals surface area contributed by atoms with Crippen LogP contribution in [-0.2, 0) is 4.79 Å². The van der Waals surface area contributed by atoms with Crippen LogP contribution in [0.2, 0.25) is 0 Å². The monoisotopic (exact) mass is 433 g/mol. The predicted octanol–water partition coefficient (Wildman–Crippen LogP) is 4.55. The number of anilines is 1. The minimum atomic E-state index is -0.534. The van der Waals surface area contributed by atoms with E-state index in [0.29, 0.717) is 22.6 Å². The Labute approximate surface area is 178 Å². The van der Waals surface area contributed by atoms with Crippen LogP contribution in [0.5, 0.6) is 5.75 Å². The summed E-state index contributed by atoms with van der Waals surface area (Å²) >= 11 is 1.27. The molecule has 0 bridgehead atoms. The molecule has 0 aliphatic rings. The normalized spacial score (nSPS) is 13.3. The second-order valence-electron chi connectivity index (χ2n) is 7.07. The summed E-state index contributed by atoms with van der Waals surface area (Å²) < 4.78 is 26.6. The fourth-order valence-corrected chi connectivity index (χ4v) is 3.77. The van der Waals surface area contributed by atoms with Crippen LogP contribution in [0.25, 0.3) is 0 Å². The predicted molar refractivity (Wildman–Crippen MR) is 111 cm³/mol. The quantitative estimate of drug-likeness (QED) is 0.521. The molecule has 3 aromatic rings. The van der Waals surface area contributed by atoms with E-state index in [4.69, 9.17) is 9.26 Å². The minimum Gasteiger partial charge on any atom is -0.480 e. The van der Waals surface area contributed by atoms with Crippen molar-refractivity contribution < 1.29 is 18.4 Å². The average Bonchev–Trinajstić information content (AvgIpc) is 3.29. The summed E-state index contributed by atoms with van der Waals surface area (Å²) in [6, 6.07) is 7.87.